The number of hydrogen-bond donors (Lipinski definition) is 2. The van der Waals surface area contributed by atoms with E-state index in [1.165, 1.54) is 12.8 Å². The zero-order valence-corrected chi connectivity index (χ0v) is 20.3. The predicted molar refractivity (Wildman–Crippen MR) is 124 cm³/mol. The summed E-state index contributed by atoms with van der Waals surface area (Å²) in [6, 6.07) is 6.78. The van der Waals surface area contributed by atoms with Crippen LogP contribution in [0.5, 0.6) is 5.75 Å². The van der Waals surface area contributed by atoms with Crippen molar-refractivity contribution in [2.24, 2.45) is 5.41 Å². The molecule has 1 aromatic carbocycles. The van der Waals surface area contributed by atoms with E-state index in [1.807, 2.05) is 13.8 Å². The van der Waals surface area contributed by atoms with Gasteiger partial charge in [0.1, 0.15) is 5.75 Å². The molecule has 0 atom stereocenters. The molecule has 0 unspecified atom stereocenters. The third-order valence-corrected chi connectivity index (χ3v) is 6.96. The van der Waals surface area contributed by atoms with Gasteiger partial charge in [-0.25, -0.2) is 8.42 Å². The number of carbonyl (C=O) groups excluding carboxylic acids is 1. The second kappa shape index (κ2) is 11.6. The molecule has 1 amide bonds. The van der Waals surface area contributed by atoms with E-state index in [2.05, 4.69) is 37.7 Å². The van der Waals surface area contributed by atoms with E-state index in [0.29, 0.717) is 17.9 Å². The first-order valence-corrected chi connectivity index (χ1v) is 12.6. The third kappa shape index (κ3) is 9.37. The van der Waals surface area contributed by atoms with Crippen LogP contribution in [0.15, 0.2) is 24.3 Å². The molecule has 0 radical (unpaired) electrons. The van der Waals surface area contributed by atoms with Crippen molar-refractivity contribution in [1.82, 2.24) is 5.32 Å². The van der Waals surface area contributed by atoms with Gasteiger partial charge >= 0.3 is 0 Å². The Morgan fingerprint density at radius 3 is 2.20 bits per heavy atom. The van der Waals surface area contributed by atoms with Crippen LogP contribution in [-0.4, -0.2) is 32.2 Å². The largest absolute Gasteiger partial charge is 0.482 e. The van der Waals surface area contributed by atoms with Gasteiger partial charge in [-0.15, -0.1) is 0 Å². The first-order chi connectivity index (χ1) is 13.9. The van der Waals surface area contributed by atoms with Crippen LogP contribution in [0.2, 0.25) is 0 Å². The fraction of sp³-hybridized carbons (Fsp3) is 0.696. The number of hydrogen-bond acceptors (Lipinski definition) is 4. The Morgan fingerprint density at radius 1 is 0.967 bits per heavy atom. The van der Waals surface area contributed by atoms with Crippen molar-refractivity contribution in [3.05, 3.63) is 24.3 Å². The van der Waals surface area contributed by atoms with Crippen molar-refractivity contribution in [3.63, 3.8) is 0 Å². The van der Waals surface area contributed by atoms with E-state index in [4.69, 9.17) is 4.74 Å². The number of ether oxygens (including phenoxy) is 1. The van der Waals surface area contributed by atoms with E-state index in [9.17, 15) is 13.2 Å². The second-order valence-corrected chi connectivity index (χ2v) is 11.2. The SMILES string of the molecule is CCCCCCCCS(=O)(=O)Nc1ccccc1OCC(=O)NC(C)(C)C(C)(C)C. The Labute approximate surface area is 183 Å². The maximum Gasteiger partial charge on any atom is 0.258 e. The van der Waals surface area contributed by atoms with Gasteiger partial charge in [-0.2, -0.15) is 0 Å². The van der Waals surface area contributed by atoms with Gasteiger partial charge < -0.3 is 10.1 Å². The summed E-state index contributed by atoms with van der Waals surface area (Å²) in [5.41, 5.74) is -0.176. The van der Waals surface area contributed by atoms with Crippen LogP contribution in [0.4, 0.5) is 5.69 Å². The summed E-state index contributed by atoms with van der Waals surface area (Å²) in [5.74, 6) is 0.167. The van der Waals surface area contributed by atoms with Crippen molar-refractivity contribution in [1.29, 1.82) is 0 Å². The highest BCUT2D eigenvalue weighted by molar-refractivity contribution is 7.92. The molecule has 1 aromatic rings. The van der Waals surface area contributed by atoms with Crippen LogP contribution in [0.3, 0.4) is 0 Å². The number of para-hydroxylation sites is 2. The van der Waals surface area contributed by atoms with Gasteiger partial charge in [0.05, 0.1) is 11.4 Å². The smallest absolute Gasteiger partial charge is 0.258 e. The fourth-order valence-electron chi connectivity index (χ4n) is 2.68. The number of carbonyl (C=O) groups is 1. The molecule has 0 aromatic heterocycles. The maximum absolute atomic E-state index is 12.4. The molecule has 0 saturated carbocycles. The molecule has 0 aliphatic heterocycles. The van der Waals surface area contributed by atoms with Gasteiger partial charge in [0.2, 0.25) is 10.0 Å². The van der Waals surface area contributed by atoms with Gasteiger partial charge in [0.25, 0.3) is 5.91 Å². The van der Waals surface area contributed by atoms with Crippen molar-refractivity contribution in [2.45, 2.75) is 85.6 Å². The van der Waals surface area contributed by atoms with Crippen molar-refractivity contribution in [3.8, 4) is 5.75 Å². The lowest BCUT2D eigenvalue weighted by atomic mass is 9.76. The normalized spacial score (nSPS) is 12.5. The van der Waals surface area contributed by atoms with Crippen LogP contribution in [-0.2, 0) is 14.8 Å². The third-order valence-electron chi connectivity index (χ3n) is 5.60. The molecule has 0 saturated heterocycles. The Balaban J connectivity index is 2.62. The molecule has 7 heteroatoms. The van der Waals surface area contributed by atoms with E-state index in [0.717, 1.165) is 19.3 Å². The van der Waals surface area contributed by atoms with Crippen LogP contribution >= 0.6 is 0 Å². The molecule has 0 fully saturated rings. The van der Waals surface area contributed by atoms with E-state index >= 15 is 0 Å². The summed E-state index contributed by atoms with van der Waals surface area (Å²) in [7, 11) is -3.47. The number of anilines is 1. The molecular weight excluding hydrogens is 400 g/mol. The number of amides is 1. The molecule has 172 valence electrons. The van der Waals surface area contributed by atoms with Crippen LogP contribution < -0.4 is 14.8 Å². The standard InChI is InChI=1S/C23H40N2O4S/c1-7-8-9-10-11-14-17-30(27,28)25-19-15-12-13-16-20(19)29-18-21(26)24-23(5,6)22(2,3)4/h12-13,15-16,25H,7-11,14,17-18H2,1-6H3,(H,24,26). The predicted octanol–water partition coefficient (Wildman–Crippen LogP) is 5.11. The number of unbranched alkanes of at least 4 members (excludes halogenated alkanes) is 5. The van der Waals surface area contributed by atoms with Gasteiger partial charge in [-0.3, -0.25) is 9.52 Å². The highest BCUT2D eigenvalue weighted by atomic mass is 32.2. The average molecular weight is 441 g/mol. The summed E-state index contributed by atoms with van der Waals surface area (Å²) in [6.45, 7) is 12.1. The van der Waals surface area contributed by atoms with E-state index < -0.39 is 15.6 Å². The Morgan fingerprint density at radius 2 is 1.57 bits per heavy atom. The molecule has 30 heavy (non-hydrogen) atoms. The summed E-state index contributed by atoms with van der Waals surface area (Å²) in [6.07, 6.45) is 6.10. The average Bonchev–Trinajstić information content (AvgIpc) is 2.62. The van der Waals surface area contributed by atoms with Gasteiger partial charge in [0.15, 0.2) is 6.61 Å². The van der Waals surface area contributed by atoms with Crippen LogP contribution in [0.1, 0.15) is 80.1 Å². The Kier molecular flexibility index (Phi) is 10.1. The highest BCUT2D eigenvalue weighted by Crippen LogP contribution is 2.29. The maximum atomic E-state index is 12.4. The number of rotatable bonds is 13. The molecule has 0 spiro atoms. The van der Waals surface area contributed by atoms with Crippen LogP contribution in [0, 0.1) is 5.41 Å². The summed E-state index contributed by atoms with van der Waals surface area (Å²) in [4.78, 5) is 12.3. The molecule has 2 N–H and O–H groups in total. The molecule has 0 aliphatic rings. The lowest BCUT2D eigenvalue weighted by Gasteiger charge is -2.39. The molecule has 1 rings (SSSR count). The molecule has 0 bridgehead atoms. The van der Waals surface area contributed by atoms with Crippen molar-refractivity contribution >= 4 is 21.6 Å². The monoisotopic (exact) mass is 440 g/mol. The summed E-state index contributed by atoms with van der Waals surface area (Å²) < 4.78 is 33.1. The lowest BCUT2D eigenvalue weighted by Crippen LogP contribution is -2.53. The molecule has 0 heterocycles. The van der Waals surface area contributed by atoms with Gasteiger partial charge in [-0.1, -0.05) is 71.9 Å². The Hall–Kier alpha value is -1.76. The van der Waals surface area contributed by atoms with Crippen molar-refractivity contribution in [2.75, 3.05) is 17.1 Å². The fourth-order valence-corrected chi connectivity index (χ4v) is 3.87. The lowest BCUT2D eigenvalue weighted by molar-refractivity contribution is -0.126. The van der Waals surface area contributed by atoms with Gasteiger partial charge in [0, 0.05) is 5.54 Å². The quantitative estimate of drug-likeness (QED) is 0.418. The Bertz CT molecular complexity index is 768. The molecule has 0 aliphatic carbocycles. The topological polar surface area (TPSA) is 84.5 Å². The van der Waals surface area contributed by atoms with Gasteiger partial charge in [-0.05, 0) is 37.8 Å². The first-order valence-electron chi connectivity index (χ1n) is 10.9. The van der Waals surface area contributed by atoms with E-state index in [-0.39, 0.29) is 23.7 Å². The van der Waals surface area contributed by atoms with Crippen molar-refractivity contribution < 1.29 is 17.9 Å². The summed E-state index contributed by atoms with van der Waals surface area (Å²) >= 11 is 0. The second-order valence-electron chi connectivity index (χ2n) is 9.40. The number of nitrogens with one attached hydrogen (secondary N) is 2. The summed E-state index contributed by atoms with van der Waals surface area (Å²) in [5, 5.41) is 2.98. The minimum absolute atomic E-state index is 0.0771. The number of sulfonamides is 1. The minimum atomic E-state index is -3.47. The zero-order valence-electron chi connectivity index (χ0n) is 19.5. The van der Waals surface area contributed by atoms with E-state index in [1.54, 1.807) is 24.3 Å². The molecular formula is C23H40N2O4S. The zero-order chi connectivity index (χ0) is 22.8. The number of benzene rings is 1. The van der Waals surface area contributed by atoms with Crippen LogP contribution in [0.25, 0.3) is 0 Å². The highest BCUT2D eigenvalue weighted by Gasteiger charge is 2.34. The first kappa shape index (κ1) is 26.3. The molecule has 6 nitrogen and oxygen atoms in total. The minimum Gasteiger partial charge on any atom is -0.482 e.